The molecular formula is C20H22ClN5OS. The minimum absolute atomic E-state index is 0.0690. The average Bonchev–Trinajstić information content (AvgIpc) is 3.08. The van der Waals surface area contributed by atoms with Gasteiger partial charge in [-0.1, -0.05) is 47.6 Å². The number of nitrogens with zero attached hydrogens (tertiary/aromatic N) is 3. The molecule has 1 aromatic heterocycles. The summed E-state index contributed by atoms with van der Waals surface area (Å²) in [7, 11) is 0. The molecule has 1 heterocycles. The molecule has 1 unspecified atom stereocenters. The number of nitrogens with one attached hydrogen (secondary N) is 2. The highest BCUT2D eigenvalue weighted by Crippen LogP contribution is 2.24. The second-order valence-corrected chi connectivity index (χ2v) is 7.87. The maximum Gasteiger partial charge on any atom is 0.237 e. The summed E-state index contributed by atoms with van der Waals surface area (Å²) in [5, 5.41) is 15.9. The summed E-state index contributed by atoms with van der Waals surface area (Å²) in [5.41, 5.74) is 1.70. The zero-order valence-electron chi connectivity index (χ0n) is 15.7. The fourth-order valence-electron chi connectivity index (χ4n) is 2.61. The maximum atomic E-state index is 12.5. The van der Waals surface area contributed by atoms with Crippen LogP contribution >= 0.6 is 23.4 Å². The number of thioether (sulfide) groups is 1. The van der Waals surface area contributed by atoms with E-state index in [2.05, 4.69) is 20.8 Å². The summed E-state index contributed by atoms with van der Waals surface area (Å²) in [5.74, 6) is 0.737. The Morgan fingerprint density at radius 2 is 1.89 bits per heavy atom. The van der Waals surface area contributed by atoms with Crippen LogP contribution in [0, 0.1) is 0 Å². The van der Waals surface area contributed by atoms with Crippen LogP contribution in [0.5, 0.6) is 0 Å². The largest absolute Gasteiger partial charge is 0.378 e. The van der Waals surface area contributed by atoms with E-state index < -0.39 is 0 Å². The standard InChI is InChI=1S/C20H22ClN5OS/c1-3-26-18(13-22-17-11-7-8-15(21)12-17)24-25-20(26)28-14(2)19(27)23-16-9-5-4-6-10-16/h4-12,14,22H,3,13H2,1-2H3,(H,23,27). The molecule has 2 N–H and O–H groups in total. The summed E-state index contributed by atoms with van der Waals surface area (Å²) in [6.45, 7) is 5.13. The van der Waals surface area contributed by atoms with Crippen LogP contribution < -0.4 is 10.6 Å². The molecule has 0 saturated heterocycles. The van der Waals surface area contributed by atoms with E-state index in [1.807, 2.05) is 73.0 Å². The first-order valence-electron chi connectivity index (χ1n) is 9.01. The van der Waals surface area contributed by atoms with Crippen molar-refractivity contribution in [2.45, 2.75) is 37.3 Å². The van der Waals surface area contributed by atoms with Crippen molar-refractivity contribution in [2.75, 3.05) is 10.6 Å². The van der Waals surface area contributed by atoms with Gasteiger partial charge in [0.1, 0.15) is 0 Å². The summed E-state index contributed by atoms with van der Waals surface area (Å²) < 4.78 is 2.01. The van der Waals surface area contributed by atoms with Gasteiger partial charge in [-0.15, -0.1) is 10.2 Å². The molecular weight excluding hydrogens is 394 g/mol. The first kappa shape index (κ1) is 20.2. The molecule has 28 heavy (non-hydrogen) atoms. The Morgan fingerprint density at radius 3 is 2.61 bits per heavy atom. The minimum atomic E-state index is -0.302. The third kappa shape index (κ3) is 5.27. The van der Waals surface area contributed by atoms with Gasteiger partial charge >= 0.3 is 0 Å². The number of hydrogen-bond acceptors (Lipinski definition) is 5. The average molecular weight is 416 g/mol. The van der Waals surface area contributed by atoms with Gasteiger partial charge < -0.3 is 15.2 Å². The molecule has 0 aliphatic heterocycles. The Hall–Kier alpha value is -2.51. The predicted molar refractivity (Wildman–Crippen MR) is 115 cm³/mol. The Labute approximate surface area is 173 Å². The second kappa shape index (κ2) is 9.61. The van der Waals surface area contributed by atoms with Gasteiger partial charge in [-0.05, 0) is 44.2 Å². The number of anilines is 2. The van der Waals surface area contributed by atoms with Crippen molar-refractivity contribution in [1.82, 2.24) is 14.8 Å². The number of amides is 1. The smallest absolute Gasteiger partial charge is 0.237 e. The van der Waals surface area contributed by atoms with E-state index in [1.54, 1.807) is 0 Å². The zero-order valence-corrected chi connectivity index (χ0v) is 17.3. The molecule has 6 nitrogen and oxygen atoms in total. The van der Waals surface area contributed by atoms with Crippen molar-refractivity contribution in [3.63, 3.8) is 0 Å². The first-order valence-corrected chi connectivity index (χ1v) is 10.3. The van der Waals surface area contributed by atoms with E-state index in [1.165, 1.54) is 11.8 Å². The molecule has 8 heteroatoms. The topological polar surface area (TPSA) is 71.8 Å². The number of carbonyl (C=O) groups excluding carboxylic acids is 1. The maximum absolute atomic E-state index is 12.5. The van der Waals surface area contributed by atoms with Gasteiger partial charge in [0.05, 0.1) is 11.8 Å². The Morgan fingerprint density at radius 1 is 1.14 bits per heavy atom. The van der Waals surface area contributed by atoms with Gasteiger partial charge in [0, 0.05) is 22.9 Å². The lowest BCUT2D eigenvalue weighted by molar-refractivity contribution is -0.115. The van der Waals surface area contributed by atoms with Crippen LogP contribution in [0.2, 0.25) is 5.02 Å². The lowest BCUT2D eigenvalue weighted by Gasteiger charge is -2.13. The van der Waals surface area contributed by atoms with Crippen molar-refractivity contribution in [2.24, 2.45) is 0 Å². The number of rotatable bonds is 8. The van der Waals surface area contributed by atoms with Crippen LogP contribution in [0.4, 0.5) is 11.4 Å². The Bertz CT molecular complexity index is 931. The van der Waals surface area contributed by atoms with Crippen LogP contribution in [0.3, 0.4) is 0 Å². The highest BCUT2D eigenvalue weighted by Gasteiger charge is 2.19. The normalized spacial score (nSPS) is 11.8. The molecule has 1 amide bonds. The van der Waals surface area contributed by atoms with Gasteiger partial charge in [0.2, 0.25) is 5.91 Å². The van der Waals surface area contributed by atoms with E-state index >= 15 is 0 Å². The lowest BCUT2D eigenvalue weighted by atomic mass is 10.3. The highest BCUT2D eigenvalue weighted by molar-refractivity contribution is 8.00. The molecule has 0 bridgehead atoms. The van der Waals surface area contributed by atoms with Crippen LogP contribution in [0.25, 0.3) is 0 Å². The van der Waals surface area contributed by atoms with Crippen LogP contribution in [-0.2, 0) is 17.9 Å². The number of halogens is 1. The van der Waals surface area contributed by atoms with E-state index in [-0.39, 0.29) is 11.2 Å². The monoisotopic (exact) mass is 415 g/mol. The molecule has 1 atom stereocenters. The van der Waals surface area contributed by atoms with E-state index in [0.29, 0.717) is 11.6 Å². The highest BCUT2D eigenvalue weighted by atomic mass is 35.5. The second-order valence-electron chi connectivity index (χ2n) is 6.12. The SMILES string of the molecule is CCn1c(CNc2cccc(Cl)c2)nnc1SC(C)C(=O)Nc1ccccc1. The van der Waals surface area contributed by atoms with Gasteiger partial charge in [-0.3, -0.25) is 4.79 Å². The lowest BCUT2D eigenvalue weighted by Crippen LogP contribution is -2.23. The van der Waals surface area contributed by atoms with Crippen molar-refractivity contribution in [3.8, 4) is 0 Å². The summed E-state index contributed by atoms with van der Waals surface area (Å²) >= 11 is 7.42. The number of para-hydroxylation sites is 1. The molecule has 0 saturated carbocycles. The fraction of sp³-hybridized carbons (Fsp3) is 0.250. The molecule has 0 aliphatic rings. The quantitative estimate of drug-likeness (QED) is 0.522. The van der Waals surface area contributed by atoms with Crippen LogP contribution in [0.15, 0.2) is 59.8 Å². The Balaban J connectivity index is 1.63. The number of carbonyl (C=O) groups is 1. The van der Waals surface area contributed by atoms with E-state index in [0.717, 1.165) is 28.9 Å². The van der Waals surface area contributed by atoms with Crippen molar-refractivity contribution in [1.29, 1.82) is 0 Å². The van der Waals surface area contributed by atoms with E-state index in [9.17, 15) is 4.79 Å². The third-order valence-electron chi connectivity index (χ3n) is 4.08. The van der Waals surface area contributed by atoms with Gasteiger partial charge in [0.15, 0.2) is 11.0 Å². The van der Waals surface area contributed by atoms with Crippen LogP contribution in [-0.4, -0.2) is 25.9 Å². The number of benzene rings is 2. The van der Waals surface area contributed by atoms with Crippen molar-refractivity contribution < 1.29 is 4.79 Å². The zero-order chi connectivity index (χ0) is 19.9. The van der Waals surface area contributed by atoms with Crippen molar-refractivity contribution in [3.05, 3.63) is 65.4 Å². The van der Waals surface area contributed by atoms with Gasteiger partial charge in [-0.2, -0.15) is 0 Å². The fourth-order valence-corrected chi connectivity index (χ4v) is 3.73. The van der Waals surface area contributed by atoms with Gasteiger partial charge in [-0.25, -0.2) is 0 Å². The van der Waals surface area contributed by atoms with Crippen LogP contribution in [0.1, 0.15) is 19.7 Å². The summed E-state index contributed by atoms with van der Waals surface area (Å²) in [6.07, 6.45) is 0. The number of aromatic nitrogens is 3. The van der Waals surface area contributed by atoms with E-state index in [4.69, 9.17) is 11.6 Å². The molecule has 0 fully saturated rings. The number of hydrogen-bond donors (Lipinski definition) is 2. The molecule has 3 rings (SSSR count). The Kier molecular flexibility index (Phi) is 6.95. The third-order valence-corrected chi connectivity index (χ3v) is 5.39. The summed E-state index contributed by atoms with van der Waals surface area (Å²) in [6, 6.07) is 17.0. The minimum Gasteiger partial charge on any atom is -0.378 e. The molecule has 146 valence electrons. The van der Waals surface area contributed by atoms with Crippen molar-refractivity contribution >= 4 is 40.6 Å². The molecule has 0 spiro atoms. The molecule has 0 aliphatic carbocycles. The predicted octanol–water partition coefficient (Wildman–Crippen LogP) is 4.68. The molecule has 3 aromatic rings. The summed E-state index contributed by atoms with van der Waals surface area (Å²) in [4.78, 5) is 12.5. The first-order chi connectivity index (χ1) is 13.6. The van der Waals surface area contributed by atoms with Gasteiger partial charge in [0.25, 0.3) is 0 Å². The molecule has 2 aromatic carbocycles. The molecule has 0 radical (unpaired) electrons.